The Balaban J connectivity index is 2.23. The van der Waals surface area contributed by atoms with Crippen LogP contribution in [0.2, 0.25) is 0 Å². The van der Waals surface area contributed by atoms with Gasteiger partial charge < -0.3 is 5.11 Å². The Bertz CT molecular complexity index is 799. The van der Waals surface area contributed by atoms with Crippen molar-refractivity contribution in [3.05, 3.63) is 35.2 Å². The zero-order valence-electron chi connectivity index (χ0n) is 13.9. The van der Waals surface area contributed by atoms with Gasteiger partial charge in [-0.1, -0.05) is 13.8 Å². The molecule has 2 aromatic rings. The molecule has 0 saturated carbocycles. The molecule has 3 rings (SSSR count). The fourth-order valence-corrected chi connectivity index (χ4v) is 2.96. The third-order valence-corrected chi connectivity index (χ3v) is 4.20. The first-order valence-electron chi connectivity index (χ1n) is 7.92. The molecule has 1 atom stereocenters. The molecule has 1 aliphatic heterocycles. The highest BCUT2D eigenvalue weighted by atomic mass is 16.3. The summed E-state index contributed by atoms with van der Waals surface area (Å²) in [6.07, 6.45) is 1.23. The van der Waals surface area contributed by atoms with Gasteiger partial charge in [0.05, 0.1) is 22.6 Å². The fraction of sp³-hybridized carbons (Fsp3) is 0.471. The molecule has 1 amide bonds. The van der Waals surface area contributed by atoms with Crippen LogP contribution in [0.15, 0.2) is 23.3 Å². The van der Waals surface area contributed by atoms with Gasteiger partial charge in [-0.25, -0.2) is 9.94 Å². The Hall–Kier alpha value is -2.21. The number of aromatic nitrogens is 2. The molecule has 0 radical (unpaired) electrons. The molecule has 2 aromatic heterocycles. The molecule has 6 heteroatoms. The molecule has 3 heterocycles. The maximum Gasteiger partial charge on any atom is 0.240 e. The molecule has 0 aliphatic carbocycles. The van der Waals surface area contributed by atoms with Crippen molar-refractivity contribution in [3.63, 3.8) is 0 Å². The first-order chi connectivity index (χ1) is 10.8. The number of carbonyl (C=O) groups excluding carboxylic acids is 1. The number of fused-ring (bicyclic) bond motifs is 1. The van der Waals surface area contributed by atoms with Gasteiger partial charge in [0, 0.05) is 17.9 Å². The van der Waals surface area contributed by atoms with Gasteiger partial charge in [-0.2, -0.15) is 10.2 Å². The lowest BCUT2D eigenvalue weighted by atomic mass is 9.93. The summed E-state index contributed by atoms with van der Waals surface area (Å²) in [5.41, 5.74) is 5.94. The van der Waals surface area contributed by atoms with Crippen LogP contribution in [0.25, 0.3) is 5.52 Å². The second-order valence-electron chi connectivity index (χ2n) is 6.61. The van der Waals surface area contributed by atoms with Crippen LogP contribution in [0.4, 0.5) is 0 Å². The number of carbonyl (C=O) groups is 1. The molecule has 122 valence electrons. The van der Waals surface area contributed by atoms with Gasteiger partial charge >= 0.3 is 0 Å². The molecule has 0 fully saturated rings. The number of rotatable bonds is 3. The minimum absolute atomic E-state index is 0.0421. The van der Waals surface area contributed by atoms with E-state index >= 15 is 0 Å². The van der Waals surface area contributed by atoms with Gasteiger partial charge in [0.1, 0.15) is 5.60 Å². The van der Waals surface area contributed by atoms with E-state index in [1.165, 1.54) is 0 Å². The monoisotopic (exact) mass is 314 g/mol. The van der Waals surface area contributed by atoms with E-state index in [4.69, 9.17) is 0 Å². The number of aliphatic hydroxyl groups is 1. The summed E-state index contributed by atoms with van der Waals surface area (Å²) in [6, 6.07) is 5.85. The molecule has 2 N–H and O–H groups in total. The Morgan fingerprint density at radius 2 is 2.17 bits per heavy atom. The van der Waals surface area contributed by atoms with Gasteiger partial charge in [-0.15, -0.1) is 0 Å². The van der Waals surface area contributed by atoms with Crippen LogP contribution in [0.5, 0.6) is 0 Å². The number of hydrogen-bond acceptors (Lipinski definition) is 4. The molecular weight excluding hydrogens is 292 g/mol. The zero-order valence-corrected chi connectivity index (χ0v) is 13.9. The number of hydrogen-bond donors (Lipinski definition) is 2. The molecule has 23 heavy (non-hydrogen) atoms. The highest BCUT2D eigenvalue weighted by Gasteiger charge is 2.27. The third-order valence-electron chi connectivity index (χ3n) is 4.20. The maximum absolute atomic E-state index is 11.5. The van der Waals surface area contributed by atoms with Gasteiger partial charge in [-0.05, 0) is 38.5 Å². The van der Waals surface area contributed by atoms with Gasteiger partial charge in [0.2, 0.25) is 5.91 Å². The maximum atomic E-state index is 11.5. The largest absolute Gasteiger partial charge is 0.384 e. The summed E-state index contributed by atoms with van der Waals surface area (Å²) in [6.45, 7) is 7.53. The van der Waals surface area contributed by atoms with E-state index in [1.54, 1.807) is 18.4 Å². The summed E-state index contributed by atoms with van der Waals surface area (Å²) in [5, 5.41) is 19.3. The summed E-state index contributed by atoms with van der Waals surface area (Å²) in [4.78, 5) is 11.5. The second kappa shape index (κ2) is 5.45. The van der Waals surface area contributed by atoms with Crippen molar-refractivity contribution < 1.29 is 9.90 Å². The molecule has 0 bridgehead atoms. The zero-order chi connectivity index (χ0) is 16.8. The third kappa shape index (κ3) is 2.74. The number of nitrogens with zero attached hydrogens (tertiary/aromatic N) is 3. The summed E-state index contributed by atoms with van der Waals surface area (Å²) in [5.74, 6) is -0.0198. The van der Waals surface area contributed by atoms with Crippen molar-refractivity contribution in [3.8, 4) is 0 Å². The van der Waals surface area contributed by atoms with Crippen molar-refractivity contribution in [1.82, 2.24) is 15.0 Å². The normalized spacial score (nSPS) is 18.9. The predicted octanol–water partition coefficient (Wildman–Crippen LogP) is 1.98. The van der Waals surface area contributed by atoms with E-state index in [9.17, 15) is 9.90 Å². The van der Waals surface area contributed by atoms with E-state index in [-0.39, 0.29) is 11.8 Å². The molecular formula is C17H22N4O2. The van der Waals surface area contributed by atoms with Crippen LogP contribution in [0.3, 0.4) is 0 Å². The van der Waals surface area contributed by atoms with Crippen molar-refractivity contribution in [2.75, 3.05) is 0 Å². The summed E-state index contributed by atoms with van der Waals surface area (Å²) >= 11 is 0. The lowest BCUT2D eigenvalue weighted by Crippen LogP contribution is -2.32. The first-order valence-corrected chi connectivity index (χ1v) is 7.92. The number of aryl methyl sites for hydroxylation is 1. The number of pyridine rings is 1. The van der Waals surface area contributed by atoms with Crippen LogP contribution >= 0.6 is 0 Å². The van der Waals surface area contributed by atoms with Gasteiger partial charge in [0.25, 0.3) is 0 Å². The second-order valence-corrected chi connectivity index (χ2v) is 6.61. The SMILES string of the molecule is CCc1cc2c(C3=NNC(=O)CC3C)ccc(C(C)(C)O)n2n1. The Morgan fingerprint density at radius 1 is 1.43 bits per heavy atom. The van der Waals surface area contributed by atoms with Crippen LogP contribution < -0.4 is 5.43 Å². The summed E-state index contributed by atoms with van der Waals surface area (Å²) in [7, 11) is 0. The Kier molecular flexibility index (Phi) is 3.72. The molecule has 0 spiro atoms. The lowest BCUT2D eigenvalue weighted by Gasteiger charge is -2.23. The topological polar surface area (TPSA) is 79.0 Å². The highest BCUT2D eigenvalue weighted by molar-refractivity contribution is 6.10. The lowest BCUT2D eigenvalue weighted by molar-refractivity contribution is -0.121. The quantitative estimate of drug-likeness (QED) is 0.909. The average Bonchev–Trinajstić information content (AvgIpc) is 2.89. The minimum Gasteiger partial charge on any atom is -0.384 e. The minimum atomic E-state index is -0.998. The van der Waals surface area contributed by atoms with E-state index < -0.39 is 5.60 Å². The number of nitrogens with one attached hydrogen (secondary N) is 1. The van der Waals surface area contributed by atoms with Crippen LogP contribution in [0, 0.1) is 5.92 Å². The van der Waals surface area contributed by atoms with Gasteiger partial charge in [0.15, 0.2) is 0 Å². The fourth-order valence-electron chi connectivity index (χ4n) is 2.96. The van der Waals surface area contributed by atoms with Crippen molar-refractivity contribution in [2.45, 2.75) is 46.1 Å². The van der Waals surface area contributed by atoms with E-state index in [2.05, 4.69) is 15.6 Å². The van der Waals surface area contributed by atoms with Crippen molar-refractivity contribution in [2.24, 2.45) is 11.0 Å². The van der Waals surface area contributed by atoms with E-state index in [0.29, 0.717) is 6.42 Å². The summed E-state index contributed by atoms with van der Waals surface area (Å²) < 4.78 is 1.79. The van der Waals surface area contributed by atoms with Gasteiger partial charge in [-0.3, -0.25) is 4.79 Å². The first kappa shape index (κ1) is 15.7. The molecule has 1 unspecified atom stereocenters. The predicted molar refractivity (Wildman–Crippen MR) is 88.3 cm³/mol. The van der Waals surface area contributed by atoms with Crippen LogP contribution in [-0.2, 0) is 16.8 Å². The van der Waals surface area contributed by atoms with Crippen molar-refractivity contribution in [1.29, 1.82) is 0 Å². The van der Waals surface area contributed by atoms with E-state index in [0.717, 1.165) is 34.6 Å². The van der Waals surface area contributed by atoms with Crippen molar-refractivity contribution >= 4 is 17.1 Å². The molecule has 6 nitrogen and oxygen atoms in total. The molecule has 0 aromatic carbocycles. The highest BCUT2D eigenvalue weighted by Crippen LogP contribution is 2.27. The number of amides is 1. The average molecular weight is 314 g/mol. The molecule has 0 saturated heterocycles. The van der Waals surface area contributed by atoms with Crippen LogP contribution in [0.1, 0.15) is 51.1 Å². The smallest absolute Gasteiger partial charge is 0.240 e. The Morgan fingerprint density at radius 3 is 2.78 bits per heavy atom. The number of hydrazone groups is 1. The molecule has 1 aliphatic rings. The standard InChI is InChI=1S/C17H22N4O2/c1-5-11-9-13-12(16-10(2)8-15(22)18-19-16)6-7-14(17(3,4)23)21(13)20-11/h6-7,9-10,23H,5,8H2,1-4H3,(H,18,22). The Labute approximate surface area is 135 Å². The van der Waals surface area contributed by atoms with E-state index in [1.807, 2.05) is 32.0 Å². The van der Waals surface area contributed by atoms with Crippen LogP contribution in [-0.4, -0.2) is 26.3 Å².